The van der Waals surface area contributed by atoms with E-state index >= 15 is 0 Å². The van der Waals surface area contributed by atoms with Crippen molar-refractivity contribution in [1.29, 1.82) is 0 Å². The van der Waals surface area contributed by atoms with Crippen LogP contribution < -0.4 is 0 Å². The minimum atomic E-state index is 1.12. The lowest BCUT2D eigenvalue weighted by molar-refractivity contribution is 1.46. The third-order valence-corrected chi connectivity index (χ3v) is 11.3. The van der Waals surface area contributed by atoms with Crippen molar-refractivity contribution in [2.24, 2.45) is 0 Å². The van der Waals surface area contributed by atoms with E-state index in [4.69, 9.17) is 0 Å². The fraction of sp³-hybridized carbons (Fsp3) is 0. The molecule has 0 saturated heterocycles. The summed E-state index contributed by atoms with van der Waals surface area (Å²) in [6.45, 7) is 0. The van der Waals surface area contributed by atoms with Crippen LogP contribution in [0.1, 0.15) is 0 Å². The van der Waals surface area contributed by atoms with Gasteiger partial charge in [0.25, 0.3) is 0 Å². The van der Waals surface area contributed by atoms with Crippen molar-refractivity contribution in [3.05, 3.63) is 146 Å². The van der Waals surface area contributed by atoms with E-state index in [9.17, 15) is 0 Å². The van der Waals surface area contributed by atoms with Crippen LogP contribution in [0.4, 0.5) is 0 Å². The lowest BCUT2D eigenvalue weighted by Crippen LogP contribution is -1.91. The van der Waals surface area contributed by atoms with Crippen molar-refractivity contribution in [2.75, 3.05) is 0 Å². The normalized spacial score (nSPS) is 12.3. The van der Waals surface area contributed by atoms with Crippen molar-refractivity contribution in [3.8, 4) is 22.4 Å². The Morgan fingerprint density at radius 3 is 1.85 bits per heavy atom. The molecule has 0 saturated carbocycles. The van der Waals surface area contributed by atoms with Crippen LogP contribution in [-0.4, -0.2) is 9.97 Å². The van der Waals surface area contributed by atoms with Crippen molar-refractivity contribution in [1.82, 2.24) is 9.97 Å². The highest BCUT2D eigenvalue weighted by molar-refractivity contribution is 7.26. The Balaban J connectivity index is 1.31. The first-order valence-corrected chi connectivity index (χ1v) is 16.9. The summed E-state index contributed by atoms with van der Waals surface area (Å²) >= 11 is 1.86. The topological polar surface area (TPSA) is 31.6 Å². The van der Waals surface area contributed by atoms with E-state index in [0.717, 1.165) is 16.7 Å². The average Bonchev–Trinajstić information content (AvgIpc) is 3.84. The number of benzene rings is 8. The van der Waals surface area contributed by atoms with Crippen LogP contribution in [0.3, 0.4) is 0 Å². The molecule has 3 heterocycles. The van der Waals surface area contributed by atoms with Gasteiger partial charge in [-0.1, -0.05) is 121 Å². The highest BCUT2D eigenvalue weighted by atomic mass is 32.1. The van der Waals surface area contributed by atoms with Gasteiger partial charge in [0, 0.05) is 53.1 Å². The number of H-pyrrole nitrogens is 2. The van der Waals surface area contributed by atoms with Gasteiger partial charge in [-0.3, -0.25) is 0 Å². The van der Waals surface area contributed by atoms with E-state index in [0.29, 0.717) is 0 Å². The Bertz CT molecular complexity index is 3030. The molecule has 0 aliphatic carbocycles. The highest BCUT2D eigenvalue weighted by Gasteiger charge is 2.21. The molecule has 47 heavy (non-hydrogen) atoms. The van der Waals surface area contributed by atoms with Crippen molar-refractivity contribution in [3.63, 3.8) is 0 Å². The number of hydrogen-bond donors (Lipinski definition) is 2. The molecule has 0 radical (unpaired) electrons. The first-order chi connectivity index (χ1) is 23.3. The van der Waals surface area contributed by atoms with E-state index in [2.05, 4.69) is 156 Å². The fourth-order valence-corrected chi connectivity index (χ4v) is 9.27. The number of nitrogens with one attached hydrogen (secondary N) is 2. The molecule has 11 aromatic rings. The lowest BCUT2D eigenvalue weighted by atomic mass is 9.87. The summed E-state index contributed by atoms with van der Waals surface area (Å²) in [5.41, 5.74) is 8.28. The standard InChI is InChI=1S/C44H26N2S/c1-2-11-28-26(10-1)27-12-3-4-14-30(27)40-31(28)16-9-17-32(40)33-21-22-34-29-13-5-7-18-36(29)45-44(34)41(33)37-24-25-20-23-39-42(43(25)46-37)35-15-6-8-19-38(35)47-39/h1-24,45-46H. The van der Waals surface area contributed by atoms with Gasteiger partial charge in [0.05, 0.1) is 11.0 Å². The van der Waals surface area contributed by atoms with Gasteiger partial charge >= 0.3 is 0 Å². The molecule has 218 valence electrons. The van der Waals surface area contributed by atoms with Gasteiger partial charge in [-0.05, 0) is 67.7 Å². The largest absolute Gasteiger partial charge is 0.354 e. The molecule has 0 atom stereocenters. The molecular formula is C44H26N2S. The zero-order valence-electron chi connectivity index (χ0n) is 25.3. The second-order valence-corrected chi connectivity index (χ2v) is 13.7. The first-order valence-electron chi connectivity index (χ1n) is 16.1. The van der Waals surface area contributed by atoms with Gasteiger partial charge in [0.1, 0.15) is 0 Å². The molecular weight excluding hydrogens is 589 g/mol. The highest BCUT2D eigenvalue weighted by Crippen LogP contribution is 2.47. The number of aromatic amines is 2. The molecule has 0 bridgehead atoms. The lowest BCUT2D eigenvalue weighted by Gasteiger charge is -2.17. The minimum absolute atomic E-state index is 1.12. The number of aromatic nitrogens is 2. The summed E-state index contributed by atoms with van der Waals surface area (Å²) in [4.78, 5) is 7.84. The molecule has 3 heteroatoms. The van der Waals surface area contributed by atoms with Crippen LogP contribution >= 0.6 is 11.3 Å². The summed E-state index contributed by atoms with van der Waals surface area (Å²) in [6.07, 6.45) is 0. The molecule has 3 aromatic heterocycles. The van der Waals surface area contributed by atoms with Crippen LogP contribution in [0.25, 0.3) is 108 Å². The fourth-order valence-electron chi connectivity index (χ4n) is 8.15. The Morgan fingerprint density at radius 2 is 1.04 bits per heavy atom. The number of thiophene rings is 1. The Morgan fingerprint density at radius 1 is 0.383 bits per heavy atom. The van der Waals surface area contributed by atoms with Crippen LogP contribution in [0.15, 0.2) is 146 Å². The van der Waals surface area contributed by atoms with E-state index < -0.39 is 0 Å². The summed E-state index contributed by atoms with van der Waals surface area (Å²) in [7, 11) is 0. The molecule has 0 amide bonds. The maximum atomic E-state index is 3.98. The number of para-hydroxylation sites is 1. The summed E-state index contributed by atoms with van der Waals surface area (Å²) in [5, 5.41) is 14.0. The van der Waals surface area contributed by atoms with Gasteiger partial charge in [0.15, 0.2) is 0 Å². The third-order valence-electron chi connectivity index (χ3n) is 10.1. The first kappa shape index (κ1) is 25.3. The zero-order chi connectivity index (χ0) is 30.6. The van der Waals surface area contributed by atoms with Crippen molar-refractivity contribution >= 4 is 96.5 Å². The Hall–Kier alpha value is -5.90. The maximum absolute atomic E-state index is 3.98. The van der Waals surface area contributed by atoms with E-state index in [-0.39, 0.29) is 0 Å². The van der Waals surface area contributed by atoms with Gasteiger partial charge in [-0.15, -0.1) is 11.3 Å². The molecule has 0 fully saturated rings. The summed E-state index contributed by atoms with van der Waals surface area (Å²) in [5.74, 6) is 0. The van der Waals surface area contributed by atoms with E-state index in [1.165, 1.54) is 90.9 Å². The third kappa shape index (κ3) is 3.44. The zero-order valence-corrected chi connectivity index (χ0v) is 26.1. The van der Waals surface area contributed by atoms with Crippen molar-refractivity contribution in [2.45, 2.75) is 0 Å². The average molecular weight is 615 g/mol. The molecule has 11 rings (SSSR count). The molecule has 0 spiro atoms. The second kappa shape index (κ2) is 9.32. The SMILES string of the molecule is c1ccc2c(c1)[nH]c1c(-c3cc4ccc5sc6ccccc6c5c4[nH]3)c(-c3cccc4c5ccccc5c5ccccc5c34)ccc12. The van der Waals surface area contributed by atoms with E-state index in [1.807, 2.05) is 11.3 Å². The van der Waals surface area contributed by atoms with Gasteiger partial charge in [-0.2, -0.15) is 0 Å². The van der Waals surface area contributed by atoms with Gasteiger partial charge < -0.3 is 9.97 Å². The summed E-state index contributed by atoms with van der Waals surface area (Å²) in [6, 6.07) is 53.5. The monoisotopic (exact) mass is 614 g/mol. The van der Waals surface area contributed by atoms with Crippen LogP contribution in [0.5, 0.6) is 0 Å². The summed E-state index contributed by atoms with van der Waals surface area (Å²) < 4.78 is 2.63. The van der Waals surface area contributed by atoms with Crippen LogP contribution in [0.2, 0.25) is 0 Å². The van der Waals surface area contributed by atoms with E-state index in [1.54, 1.807) is 0 Å². The Kier molecular flexibility index (Phi) is 5.02. The maximum Gasteiger partial charge on any atom is 0.0565 e. The molecule has 2 N–H and O–H groups in total. The predicted molar refractivity (Wildman–Crippen MR) is 204 cm³/mol. The smallest absolute Gasteiger partial charge is 0.0565 e. The van der Waals surface area contributed by atoms with Gasteiger partial charge in [0.2, 0.25) is 0 Å². The minimum Gasteiger partial charge on any atom is -0.354 e. The van der Waals surface area contributed by atoms with Gasteiger partial charge in [-0.25, -0.2) is 0 Å². The molecule has 0 aliphatic heterocycles. The molecule has 8 aromatic carbocycles. The molecule has 0 aliphatic rings. The molecule has 0 unspecified atom stereocenters. The number of rotatable bonds is 2. The number of hydrogen-bond acceptors (Lipinski definition) is 1. The molecule has 2 nitrogen and oxygen atoms in total. The quantitative estimate of drug-likeness (QED) is 0.182. The number of fused-ring (bicyclic) bond motifs is 14. The van der Waals surface area contributed by atoms with Crippen molar-refractivity contribution < 1.29 is 0 Å². The van der Waals surface area contributed by atoms with Crippen LogP contribution in [0, 0.1) is 0 Å². The second-order valence-electron chi connectivity index (χ2n) is 12.6. The van der Waals surface area contributed by atoms with Crippen LogP contribution in [-0.2, 0) is 0 Å². The Labute approximate surface area is 273 Å². The predicted octanol–water partition coefficient (Wildman–Crippen LogP) is 13.0.